The summed E-state index contributed by atoms with van der Waals surface area (Å²) in [6.07, 6.45) is 11.2. The van der Waals surface area contributed by atoms with Gasteiger partial charge >= 0.3 is 11.9 Å². The Kier molecular flexibility index (Phi) is 15.7. The van der Waals surface area contributed by atoms with Crippen LogP contribution in [0.25, 0.3) is 0 Å². The third-order valence-electron chi connectivity index (χ3n) is 6.89. The normalized spacial score (nSPS) is 18.2. The van der Waals surface area contributed by atoms with Crippen molar-refractivity contribution in [1.29, 1.82) is 0 Å². The Morgan fingerprint density at radius 2 is 1.45 bits per heavy atom. The van der Waals surface area contributed by atoms with Crippen LogP contribution in [0.5, 0.6) is 0 Å². The SMILES string of the molecule is CCCCOC(=O)C(CCCC(CC(C)C)C(=O)OCC)CCCC(CCC1CO1)C(C)C. The predicted molar refractivity (Wildman–Crippen MR) is 134 cm³/mol. The molecule has 1 fully saturated rings. The average molecular weight is 469 g/mol. The first-order valence-corrected chi connectivity index (χ1v) is 13.7. The number of unbranched alkanes of at least 4 members (excludes halogenated alkanes) is 1. The molecule has 0 amide bonds. The summed E-state index contributed by atoms with van der Waals surface area (Å²) in [5.74, 6) is 1.51. The molecule has 1 aliphatic heterocycles. The Hall–Kier alpha value is -1.10. The van der Waals surface area contributed by atoms with E-state index in [0.717, 1.165) is 70.8 Å². The summed E-state index contributed by atoms with van der Waals surface area (Å²) >= 11 is 0. The molecule has 4 atom stereocenters. The van der Waals surface area contributed by atoms with Crippen LogP contribution in [-0.2, 0) is 23.8 Å². The number of carbonyl (C=O) groups excluding carboxylic acids is 2. The number of hydrogen-bond acceptors (Lipinski definition) is 5. The Labute approximate surface area is 203 Å². The lowest BCUT2D eigenvalue weighted by Gasteiger charge is -2.23. The lowest BCUT2D eigenvalue weighted by atomic mass is 9.84. The molecule has 1 aliphatic rings. The number of rotatable bonds is 20. The number of ether oxygens (including phenoxy) is 3. The van der Waals surface area contributed by atoms with Crippen molar-refractivity contribution in [1.82, 2.24) is 0 Å². The lowest BCUT2D eigenvalue weighted by molar-refractivity contribution is -0.149. The Morgan fingerprint density at radius 3 is 2.00 bits per heavy atom. The Bertz CT molecular complexity index is 526. The Morgan fingerprint density at radius 1 is 0.848 bits per heavy atom. The van der Waals surface area contributed by atoms with Crippen LogP contribution in [0.15, 0.2) is 0 Å². The number of esters is 2. The van der Waals surface area contributed by atoms with Crippen LogP contribution >= 0.6 is 0 Å². The zero-order chi connectivity index (χ0) is 24.6. The third kappa shape index (κ3) is 14.0. The summed E-state index contributed by atoms with van der Waals surface area (Å²) in [5, 5.41) is 0. The molecule has 0 aromatic carbocycles. The van der Waals surface area contributed by atoms with E-state index in [4.69, 9.17) is 14.2 Å². The van der Waals surface area contributed by atoms with E-state index in [1.165, 1.54) is 6.42 Å². The number of carbonyl (C=O) groups is 2. The van der Waals surface area contributed by atoms with Gasteiger partial charge in [-0.25, -0.2) is 0 Å². The molecule has 0 aromatic rings. The third-order valence-corrected chi connectivity index (χ3v) is 6.89. The van der Waals surface area contributed by atoms with E-state index in [1.807, 2.05) is 6.92 Å². The van der Waals surface area contributed by atoms with Gasteiger partial charge in [0.25, 0.3) is 0 Å². The molecule has 0 saturated carbocycles. The van der Waals surface area contributed by atoms with Gasteiger partial charge in [-0.2, -0.15) is 0 Å². The van der Waals surface area contributed by atoms with Gasteiger partial charge < -0.3 is 14.2 Å². The molecule has 1 rings (SSSR count). The highest BCUT2D eigenvalue weighted by atomic mass is 16.6. The molecule has 5 heteroatoms. The van der Waals surface area contributed by atoms with E-state index in [0.29, 0.717) is 37.1 Å². The molecule has 1 saturated heterocycles. The van der Waals surface area contributed by atoms with Crippen LogP contribution in [0.2, 0.25) is 0 Å². The van der Waals surface area contributed by atoms with Crippen molar-refractivity contribution in [2.75, 3.05) is 19.8 Å². The summed E-state index contributed by atoms with van der Waals surface area (Å²) in [4.78, 5) is 25.2. The summed E-state index contributed by atoms with van der Waals surface area (Å²) in [7, 11) is 0. The first-order valence-electron chi connectivity index (χ1n) is 13.7. The molecule has 0 aliphatic carbocycles. The van der Waals surface area contributed by atoms with Crippen molar-refractivity contribution in [2.45, 2.75) is 118 Å². The number of epoxide rings is 1. The highest BCUT2D eigenvalue weighted by molar-refractivity contribution is 5.73. The second kappa shape index (κ2) is 17.4. The van der Waals surface area contributed by atoms with E-state index in [-0.39, 0.29) is 23.8 Å². The molecule has 5 nitrogen and oxygen atoms in total. The zero-order valence-electron chi connectivity index (χ0n) is 22.4. The molecule has 1 heterocycles. The van der Waals surface area contributed by atoms with Crippen LogP contribution in [0.1, 0.15) is 112 Å². The minimum absolute atomic E-state index is 0.0486. The molecular formula is C28H52O5. The fraction of sp³-hybridized carbons (Fsp3) is 0.929. The molecule has 0 spiro atoms. The van der Waals surface area contributed by atoms with Gasteiger partial charge in [0.1, 0.15) is 0 Å². The van der Waals surface area contributed by atoms with Crippen LogP contribution in [0, 0.1) is 29.6 Å². The Balaban J connectivity index is 2.58. The van der Waals surface area contributed by atoms with E-state index in [2.05, 4.69) is 34.6 Å². The fourth-order valence-electron chi connectivity index (χ4n) is 4.66. The summed E-state index contributed by atoms with van der Waals surface area (Å²) in [5.41, 5.74) is 0. The first-order chi connectivity index (χ1) is 15.8. The molecule has 0 aromatic heterocycles. The van der Waals surface area contributed by atoms with Gasteiger partial charge in [0.05, 0.1) is 37.8 Å². The van der Waals surface area contributed by atoms with Gasteiger partial charge in [-0.15, -0.1) is 0 Å². The van der Waals surface area contributed by atoms with Crippen molar-refractivity contribution in [3.05, 3.63) is 0 Å². The minimum Gasteiger partial charge on any atom is -0.466 e. The molecule has 0 N–H and O–H groups in total. The maximum Gasteiger partial charge on any atom is 0.308 e. The van der Waals surface area contributed by atoms with Gasteiger partial charge in [0.2, 0.25) is 0 Å². The van der Waals surface area contributed by atoms with E-state index < -0.39 is 0 Å². The molecule has 0 radical (unpaired) electrons. The molecular weight excluding hydrogens is 416 g/mol. The average Bonchev–Trinajstić information content (AvgIpc) is 3.58. The second-order valence-electron chi connectivity index (χ2n) is 10.7. The second-order valence-corrected chi connectivity index (χ2v) is 10.7. The van der Waals surface area contributed by atoms with Gasteiger partial charge in [-0.1, -0.05) is 60.3 Å². The summed E-state index contributed by atoms with van der Waals surface area (Å²) < 4.78 is 16.3. The number of hydrogen-bond donors (Lipinski definition) is 0. The maximum absolute atomic E-state index is 12.8. The summed E-state index contributed by atoms with van der Waals surface area (Å²) in [6, 6.07) is 0. The molecule has 33 heavy (non-hydrogen) atoms. The van der Waals surface area contributed by atoms with Crippen molar-refractivity contribution < 1.29 is 23.8 Å². The van der Waals surface area contributed by atoms with Crippen molar-refractivity contribution in [2.24, 2.45) is 29.6 Å². The predicted octanol–water partition coefficient (Wildman–Crippen LogP) is 6.96. The summed E-state index contributed by atoms with van der Waals surface area (Å²) in [6.45, 7) is 14.7. The van der Waals surface area contributed by atoms with Crippen molar-refractivity contribution in [3.8, 4) is 0 Å². The largest absolute Gasteiger partial charge is 0.466 e. The van der Waals surface area contributed by atoms with Gasteiger partial charge in [-0.3, -0.25) is 9.59 Å². The van der Waals surface area contributed by atoms with Crippen LogP contribution in [0.3, 0.4) is 0 Å². The molecule has 0 bridgehead atoms. The van der Waals surface area contributed by atoms with E-state index in [1.54, 1.807) is 0 Å². The lowest BCUT2D eigenvalue weighted by Crippen LogP contribution is -2.22. The standard InChI is InChI=1S/C28H52O5/c1-7-9-18-32-27(29)24(13-10-12-23(22(5)6)16-17-26-20-33-26)14-11-15-25(19-21(3)4)28(30)31-8-2/h21-26H,7-20H2,1-6H3. The van der Waals surface area contributed by atoms with Crippen molar-refractivity contribution in [3.63, 3.8) is 0 Å². The van der Waals surface area contributed by atoms with Crippen LogP contribution in [0.4, 0.5) is 0 Å². The monoisotopic (exact) mass is 468 g/mol. The zero-order valence-corrected chi connectivity index (χ0v) is 22.4. The van der Waals surface area contributed by atoms with Gasteiger partial charge in [0.15, 0.2) is 0 Å². The maximum atomic E-state index is 12.8. The van der Waals surface area contributed by atoms with Crippen LogP contribution in [-0.4, -0.2) is 37.9 Å². The molecule has 194 valence electrons. The van der Waals surface area contributed by atoms with Crippen molar-refractivity contribution >= 4 is 11.9 Å². The van der Waals surface area contributed by atoms with Gasteiger partial charge in [-0.05, 0) is 69.6 Å². The van der Waals surface area contributed by atoms with Crippen LogP contribution < -0.4 is 0 Å². The van der Waals surface area contributed by atoms with Gasteiger partial charge in [0, 0.05) is 0 Å². The quantitative estimate of drug-likeness (QED) is 0.110. The first kappa shape index (κ1) is 29.9. The van der Waals surface area contributed by atoms with E-state index >= 15 is 0 Å². The highest BCUT2D eigenvalue weighted by Gasteiger charge is 2.26. The molecule has 4 unspecified atom stereocenters. The smallest absolute Gasteiger partial charge is 0.308 e. The minimum atomic E-state index is -0.0901. The fourth-order valence-corrected chi connectivity index (χ4v) is 4.66. The highest BCUT2D eigenvalue weighted by Crippen LogP contribution is 2.30. The van der Waals surface area contributed by atoms with E-state index in [9.17, 15) is 9.59 Å². The topological polar surface area (TPSA) is 65.1 Å².